The monoisotopic (exact) mass is 441 g/mol. The Bertz CT molecular complexity index is 1340. The zero-order valence-electron chi connectivity index (χ0n) is 17.8. The van der Waals surface area contributed by atoms with E-state index >= 15 is 0 Å². The van der Waals surface area contributed by atoms with E-state index < -0.39 is 11.2 Å². The standard InChI is InChI=1S/C19H23N9O4/c1-23-17-16(18(31)24(2)19(23)32)27(11-20-17)10-15(30)26-8-13(9-26)28-7-12(21-22-28)6-25-5-3-4-14(25)29/h7,11,13H,3-6,8-10H2,1-2H3. The molecule has 13 heteroatoms. The molecule has 2 aliphatic heterocycles. The van der Waals surface area contributed by atoms with Crippen LogP contribution < -0.4 is 11.2 Å². The lowest BCUT2D eigenvalue weighted by molar-refractivity contribution is -0.137. The highest BCUT2D eigenvalue weighted by Gasteiger charge is 2.33. The summed E-state index contributed by atoms with van der Waals surface area (Å²) in [5, 5.41) is 8.31. The van der Waals surface area contributed by atoms with Crippen LogP contribution in [0.5, 0.6) is 0 Å². The molecule has 2 aliphatic rings. The summed E-state index contributed by atoms with van der Waals surface area (Å²) in [7, 11) is 2.94. The normalized spacial score (nSPS) is 16.9. The Morgan fingerprint density at radius 1 is 1.16 bits per heavy atom. The van der Waals surface area contributed by atoms with Gasteiger partial charge in [-0.05, 0) is 6.42 Å². The Morgan fingerprint density at radius 2 is 1.94 bits per heavy atom. The van der Waals surface area contributed by atoms with Gasteiger partial charge in [0.15, 0.2) is 11.2 Å². The van der Waals surface area contributed by atoms with E-state index in [1.807, 2.05) is 6.20 Å². The number of nitrogens with zero attached hydrogens (tertiary/aromatic N) is 9. The molecule has 5 rings (SSSR count). The third-order valence-electron chi connectivity index (χ3n) is 6.19. The van der Waals surface area contributed by atoms with E-state index in [0.717, 1.165) is 23.2 Å². The minimum Gasteiger partial charge on any atom is -0.337 e. The SMILES string of the molecule is Cn1c(=O)c2c(ncn2CC(=O)N2CC(n3cc(CN4CCCC4=O)nn3)C2)n(C)c1=O. The van der Waals surface area contributed by atoms with Gasteiger partial charge < -0.3 is 14.4 Å². The van der Waals surface area contributed by atoms with E-state index in [2.05, 4.69) is 15.3 Å². The fourth-order valence-corrected chi connectivity index (χ4v) is 4.22. The Labute approximate surface area is 181 Å². The molecule has 0 aliphatic carbocycles. The van der Waals surface area contributed by atoms with Crippen LogP contribution >= 0.6 is 0 Å². The summed E-state index contributed by atoms with van der Waals surface area (Å²) in [6.45, 7) is 2.12. The van der Waals surface area contributed by atoms with Crippen LogP contribution in [0.4, 0.5) is 0 Å². The number of imidazole rings is 1. The van der Waals surface area contributed by atoms with Crippen molar-refractivity contribution in [3.8, 4) is 0 Å². The molecule has 13 nitrogen and oxygen atoms in total. The van der Waals surface area contributed by atoms with Crippen molar-refractivity contribution < 1.29 is 9.59 Å². The van der Waals surface area contributed by atoms with Crippen molar-refractivity contribution in [2.24, 2.45) is 14.1 Å². The number of fused-ring (bicyclic) bond motifs is 1. The average molecular weight is 441 g/mol. The number of carbonyl (C=O) groups is 2. The van der Waals surface area contributed by atoms with Crippen molar-refractivity contribution in [3.63, 3.8) is 0 Å². The summed E-state index contributed by atoms with van der Waals surface area (Å²) in [6.07, 6.45) is 4.69. The fourth-order valence-electron chi connectivity index (χ4n) is 4.22. The first-order valence-corrected chi connectivity index (χ1v) is 10.4. The second-order valence-electron chi connectivity index (χ2n) is 8.31. The highest BCUT2D eigenvalue weighted by atomic mass is 16.2. The number of aromatic nitrogens is 7. The molecular formula is C19H23N9O4. The van der Waals surface area contributed by atoms with Gasteiger partial charge in [0.1, 0.15) is 12.2 Å². The zero-order valence-corrected chi connectivity index (χ0v) is 17.8. The topological polar surface area (TPSA) is 133 Å². The van der Waals surface area contributed by atoms with Crippen molar-refractivity contribution in [2.75, 3.05) is 19.6 Å². The molecule has 5 heterocycles. The number of carbonyl (C=O) groups excluding carboxylic acids is 2. The largest absolute Gasteiger partial charge is 0.337 e. The molecule has 2 amide bonds. The first kappa shape index (κ1) is 20.2. The Morgan fingerprint density at radius 3 is 2.66 bits per heavy atom. The van der Waals surface area contributed by atoms with Crippen LogP contribution in [-0.4, -0.2) is 74.9 Å². The number of aryl methyl sites for hydroxylation is 1. The van der Waals surface area contributed by atoms with E-state index in [9.17, 15) is 19.2 Å². The second-order valence-corrected chi connectivity index (χ2v) is 8.31. The Kier molecular flexibility index (Phi) is 4.68. The quantitative estimate of drug-likeness (QED) is 0.458. The molecule has 0 aromatic carbocycles. The third-order valence-corrected chi connectivity index (χ3v) is 6.19. The first-order chi connectivity index (χ1) is 15.3. The second kappa shape index (κ2) is 7.43. The summed E-state index contributed by atoms with van der Waals surface area (Å²) >= 11 is 0. The lowest BCUT2D eigenvalue weighted by Crippen LogP contribution is -2.52. The zero-order chi connectivity index (χ0) is 22.6. The van der Waals surface area contributed by atoms with E-state index in [1.54, 1.807) is 14.5 Å². The van der Waals surface area contributed by atoms with Gasteiger partial charge in [0, 0.05) is 40.2 Å². The maximum Gasteiger partial charge on any atom is 0.332 e. The predicted octanol–water partition coefficient (Wildman–Crippen LogP) is -1.77. The number of likely N-dealkylation sites (tertiary alicyclic amines) is 2. The number of hydrogen-bond acceptors (Lipinski definition) is 7. The molecule has 0 atom stereocenters. The van der Waals surface area contributed by atoms with E-state index in [1.165, 1.54) is 29.6 Å². The van der Waals surface area contributed by atoms with Gasteiger partial charge >= 0.3 is 5.69 Å². The molecule has 3 aromatic rings. The molecule has 0 saturated carbocycles. The van der Waals surface area contributed by atoms with Crippen molar-refractivity contribution in [1.29, 1.82) is 0 Å². The van der Waals surface area contributed by atoms with Gasteiger partial charge in [0.2, 0.25) is 11.8 Å². The lowest BCUT2D eigenvalue weighted by Gasteiger charge is -2.38. The van der Waals surface area contributed by atoms with Crippen LogP contribution in [0.1, 0.15) is 24.6 Å². The predicted molar refractivity (Wildman–Crippen MR) is 111 cm³/mol. The van der Waals surface area contributed by atoms with Crippen molar-refractivity contribution >= 4 is 23.0 Å². The van der Waals surface area contributed by atoms with Crippen molar-refractivity contribution in [1.82, 2.24) is 43.5 Å². The number of rotatable bonds is 5. The molecule has 3 aromatic heterocycles. The van der Waals surface area contributed by atoms with Gasteiger partial charge in [0.05, 0.1) is 25.1 Å². The summed E-state index contributed by atoms with van der Waals surface area (Å²) in [6, 6.07) is 0.0164. The molecule has 168 valence electrons. The minimum absolute atomic E-state index is 0.0164. The maximum absolute atomic E-state index is 12.7. The number of amides is 2. The van der Waals surface area contributed by atoms with Crippen molar-refractivity contribution in [2.45, 2.75) is 32.0 Å². The van der Waals surface area contributed by atoms with E-state index in [4.69, 9.17) is 0 Å². The van der Waals surface area contributed by atoms with Crippen LogP contribution in [0.2, 0.25) is 0 Å². The molecule has 2 fully saturated rings. The molecule has 0 radical (unpaired) electrons. The maximum atomic E-state index is 12.7. The van der Waals surface area contributed by atoms with Gasteiger partial charge in [-0.2, -0.15) is 0 Å². The molecule has 32 heavy (non-hydrogen) atoms. The van der Waals surface area contributed by atoms with Crippen LogP contribution in [-0.2, 0) is 36.8 Å². The van der Waals surface area contributed by atoms with E-state index in [-0.39, 0.29) is 35.6 Å². The number of hydrogen-bond donors (Lipinski definition) is 0. The summed E-state index contributed by atoms with van der Waals surface area (Å²) in [4.78, 5) is 56.7. The minimum atomic E-state index is -0.485. The van der Waals surface area contributed by atoms with Gasteiger partial charge in [0.25, 0.3) is 5.56 Å². The van der Waals surface area contributed by atoms with Crippen LogP contribution in [0.25, 0.3) is 11.2 Å². The summed E-state index contributed by atoms with van der Waals surface area (Å²) < 4.78 is 5.50. The molecule has 0 spiro atoms. The Hall–Kier alpha value is -3.77. The van der Waals surface area contributed by atoms with Gasteiger partial charge in [-0.25, -0.2) is 14.5 Å². The van der Waals surface area contributed by atoms with E-state index in [0.29, 0.717) is 26.1 Å². The molecule has 0 N–H and O–H groups in total. The van der Waals surface area contributed by atoms with Gasteiger partial charge in [-0.15, -0.1) is 5.10 Å². The first-order valence-electron chi connectivity index (χ1n) is 10.4. The average Bonchev–Trinajstić information content (AvgIpc) is 3.45. The fraction of sp³-hybridized carbons (Fsp3) is 0.526. The van der Waals surface area contributed by atoms with Gasteiger partial charge in [-0.1, -0.05) is 5.21 Å². The molecule has 0 bridgehead atoms. The Balaban J connectivity index is 1.24. The molecule has 0 unspecified atom stereocenters. The van der Waals surface area contributed by atoms with Crippen LogP contribution in [0.3, 0.4) is 0 Å². The molecular weight excluding hydrogens is 418 g/mol. The summed E-state index contributed by atoms with van der Waals surface area (Å²) in [5.74, 6) is -0.0126. The smallest absolute Gasteiger partial charge is 0.332 e. The van der Waals surface area contributed by atoms with Crippen molar-refractivity contribution in [3.05, 3.63) is 39.1 Å². The highest BCUT2D eigenvalue weighted by Crippen LogP contribution is 2.22. The highest BCUT2D eigenvalue weighted by molar-refractivity contribution is 5.79. The van der Waals surface area contributed by atoms with Gasteiger partial charge in [-0.3, -0.25) is 23.5 Å². The van der Waals surface area contributed by atoms with Crippen LogP contribution in [0.15, 0.2) is 22.1 Å². The van der Waals surface area contributed by atoms with Crippen LogP contribution in [0, 0.1) is 0 Å². The third kappa shape index (κ3) is 3.20. The summed E-state index contributed by atoms with van der Waals surface area (Å²) in [5.41, 5.74) is 0.250. The lowest BCUT2D eigenvalue weighted by atomic mass is 10.1. The molecule has 2 saturated heterocycles.